The highest BCUT2D eigenvalue weighted by atomic mass is 16.5. The molecule has 134 valence electrons. The van der Waals surface area contributed by atoms with E-state index in [2.05, 4.69) is 46.3 Å². The number of anilines is 1. The molecule has 0 aliphatic carbocycles. The molecule has 4 rings (SSSR count). The van der Waals surface area contributed by atoms with Gasteiger partial charge in [-0.05, 0) is 60.7 Å². The number of allylic oxidation sites excluding steroid dienone is 1. The van der Waals surface area contributed by atoms with Crippen molar-refractivity contribution in [1.29, 1.82) is 0 Å². The molecule has 0 radical (unpaired) electrons. The van der Waals surface area contributed by atoms with Gasteiger partial charge >= 0.3 is 0 Å². The molecule has 0 spiro atoms. The fourth-order valence-electron chi connectivity index (χ4n) is 3.59. The van der Waals surface area contributed by atoms with Crippen molar-refractivity contribution in [2.75, 3.05) is 37.7 Å². The summed E-state index contributed by atoms with van der Waals surface area (Å²) in [5, 5.41) is 0. The zero-order valence-electron chi connectivity index (χ0n) is 15.1. The molecule has 2 aliphatic heterocycles. The Kier molecular flexibility index (Phi) is 5.41. The average Bonchev–Trinajstić information content (AvgIpc) is 2.99. The number of nitrogens with zero attached hydrogens (tertiary/aromatic N) is 3. The largest absolute Gasteiger partial charge is 0.380 e. The Morgan fingerprint density at radius 1 is 1.00 bits per heavy atom. The molecule has 0 saturated carbocycles. The Bertz CT molecular complexity index is 773. The van der Waals surface area contributed by atoms with Crippen LogP contribution in [0.1, 0.15) is 30.4 Å². The van der Waals surface area contributed by atoms with Gasteiger partial charge in [-0.15, -0.1) is 0 Å². The third kappa shape index (κ3) is 4.02. The fourth-order valence-corrected chi connectivity index (χ4v) is 3.59. The Hall–Kier alpha value is -2.46. The summed E-state index contributed by atoms with van der Waals surface area (Å²) < 4.78 is 5.55. The third-order valence-electron chi connectivity index (χ3n) is 4.93. The van der Waals surface area contributed by atoms with Crippen LogP contribution in [0.15, 0.2) is 59.4 Å². The molecule has 4 nitrogen and oxygen atoms in total. The van der Waals surface area contributed by atoms with Crippen LogP contribution in [0, 0.1) is 0 Å². The van der Waals surface area contributed by atoms with Gasteiger partial charge in [-0.3, -0.25) is 9.98 Å². The van der Waals surface area contributed by atoms with Crippen LogP contribution in [0.5, 0.6) is 0 Å². The van der Waals surface area contributed by atoms with Gasteiger partial charge in [0.05, 0.1) is 12.3 Å². The molecule has 1 fully saturated rings. The van der Waals surface area contributed by atoms with E-state index in [4.69, 9.17) is 9.73 Å². The van der Waals surface area contributed by atoms with E-state index in [-0.39, 0.29) is 0 Å². The first-order chi connectivity index (χ1) is 12.9. The second-order valence-corrected chi connectivity index (χ2v) is 6.79. The van der Waals surface area contributed by atoms with Gasteiger partial charge in [0.25, 0.3) is 0 Å². The van der Waals surface area contributed by atoms with E-state index in [0.717, 1.165) is 63.4 Å². The van der Waals surface area contributed by atoms with Gasteiger partial charge in [-0.25, -0.2) is 0 Å². The highest BCUT2D eigenvalue weighted by Gasteiger charge is 2.14. The van der Waals surface area contributed by atoms with E-state index in [9.17, 15) is 0 Å². The quantitative estimate of drug-likeness (QED) is 0.843. The summed E-state index contributed by atoms with van der Waals surface area (Å²) in [6.07, 6.45) is 9.27. The van der Waals surface area contributed by atoms with Gasteiger partial charge in [0, 0.05) is 49.9 Å². The lowest BCUT2D eigenvalue weighted by molar-refractivity contribution is 0.152. The molecule has 0 unspecified atom stereocenters. The van der Waals surface area contributed by atoms with Crippen LogP contribution in [0.3, 0.4) is 0 Å². The molecule has 0 N–H and O–H groups in total. The maximum Gasteiger partial charge on any atom is 0.0694 e. The van der Waals surface area contributed by atoms with Crippen LogP contribution in [0.4, 0.5) is 5.69 Å². The van der Waals surface area contributed by atoms with Crippen molar-refractivity contribution in [1.82, 2.24) is 4.98 Å². The van der Waals surface area contributed by atoms with Crippen molar-refractivity contribution < 1.29 is 4.74 Å². The van der Waals surface area contributed by atoms with Crippen LogP contribution >= 0.6 is 0 Å². The highest BCUT2D eigenvalue weighted by molar-refractivity contribution is 6.15. The summed E-state index contributed by atoms with van der Waals surface area (Å²) in [5.74, 6) is 0. The van der Waals surface area contributed by atoms with E-state index in [1.54, 1.807) is 0 Å². The van der Waals surface area contributed by atoms with Crippen LogP contribution in [-0.2, 0) is 4.74 Å². The smallest absolute Gasteiger partial charge is 0.0694 e. The molecule has 1 aromatic heterocycles. The number of aromatic nitrogens is 1. The normalized spacial score (nSPS) is 19.9. The number of pyridine rings is 1. The van der Waals surface area contributed by atoms with Crippen molar-refractivity contribution in [3.05, 3.63) is 65.5 Å². The van der Waals surface area contributed by atoms with Crippen LogP contribution in [0.2, 0.25) is 0 Å². The summed E-state index contributed by atoms with van der Waals surface area (Å²) in [7, 11) is 0. The molecule has 1 saturated heterocycles. The Balaban J connectivity index is 1.55. The van der Waals surface area contributed by atoms with E-state index in [1.165, 1.54) is 16.8 Å². The van der Waals surface area contributed by atoms with E-state index < -0.39 is 0 Å². The topological polar surface area (TPSA) is 37.7 Å². The number of ether oxygens (including phenoxy) is 1. The fraction of sp³-hybridized carbons (Fsp3) is 0.364. The van der Waals surface area contributed by atoms with Crippen molar-refractivity contribution in [2.24, 2.45) is 4.99 Å². The van der Waals surface area contributed by atoms with Gasteiger partial charge < -0.3 is 9.64 Å². The van der Waals surface area contributed by atoms with Gasteiger partial charge in [-0.1, -0.05) is 12.1 Å². The molecular formula is C22H25N3O. The molecule has 0 amide bonds. The zero-order valence-corrected chi connectivity index (χ0v) is 15.1. The van der Waals surface area contributed by atoms with Crippen molar-refractivity contribution in [2.45, 2.75) is 19.3 Å². The Labute approximate surface area is 155 Å². The van der Waals surface area contributed by atoms with Crippen molar-refractivity contribution >= 4 is 17.5 Å². The molecule has 1 aromatic carbocycles. The van der Waals surface area contributed by atoms with Gasteiger partial charge in [-0.2, -0.15) is 0 Å². The number of rotatable bonds is 3. The first kappa shape index (κ1) is 17.0. The minimum atomic E-state index is 0.816. The molecule has 2 aromatic rings. The molecule has 2 aliphatic rings. The summed E-state index contributed by atoms with van der Waals surface area (Å²) in [6, 6.07) is 12.9. The Morgan fingerprint density at radius 3 is 2.77 bits per heavy atom. The maximum atomic E-state index is 5.55. The molecular weight excluding hydrogens is 322 g/mol. The second-order valence-electron chi connectivity index (χ2n) is 6.79. The summed E-state index contributed by atoms with van der Waals surface area (Å²) in [6.45, 7) is 4.63. The summed E-state index contributed by atoms with van der Waals surface area (Å²) in [5.41, 5.74) is 6.02. The van der Waals surface area contributed by atoms with Crippen molar-refractivity contribution in [3.63, 3.8) is 0 Å². The van der Waals surface area contributed by atoms with Gasteiger partial charge in [0.2, 0.25) is 0 Å². The zero-order chi connectivity index (χ0) is 17.6. The van der Waals surface area contributed by atoms with Crippen LogP contribution in [0.25, 0.3) is 6.08 Å². The van der Waals surface area contributed by atoms with Gasteiger partial charge in [0.15, 0.2) is 0 Å². The second kappa shape index (κ2) is 8.28. The maximum absolute atomic E-state index is 5.55. The van der Waals surface area contributed by atoms with Crippen LogP contribution < -0.4 is 4.90 Å². The van der Waals surface area contributed by atoms with Crippen LogP contribution in [-0.4, -0.2) is 43.5 Å². The minimum Gasteiger partial charge on any atom is -0.380 e. The minimum absolute atomic E-state index is 0.816. The average molecular weight is 347 g/mol. The highest BCUT2D eigenvalue weighted by Crippen LogP contribution is 2.23. The van der Waals surface area contributed by atoms with Gasteiger partial charge in [0.1, 0.15) is 0 Å². The molecule has 4 heteroatoms. The lowest BCUT2D eigenvalue weighted by Gasteiger charge is -2.22. The number of aliphatic imine (C=N–C) groups is 1. The van der Waals surface area contributed by atoms with Crippen molar-refractivity contribution in [3.8, 4) is 0 Å². The standard InChI is InChI=1S/C22H25N3O/c1-5-20(17-23-10-1)22-19(4-2-11-24-22)16-18-6-8-21(9-7-18)25-12-3-14-26-15-13-25/h1,5-10,16-17H,2-4,11-15H2. The number of hydrogen-bond donors (Lipinski definition) is 0. The molecule has 0 bridgehead atoms. The van der Waals surface area contributed by atoms with E-state index >= 15 is 0 Å². The SMILES string of the molecule is C(=C1CCCN=C1c1cccnc1)c1ccc(N2CCCOCC2)cc1. The lowest BCUT2D eigenvalue weighted by atomic mass is 9.95. The molecule has 0 atom stereocenters. The number of hydrogen-bond acceptors (Lipinski definition) is 4. The summed E-state index contributed by atoms with van der Waals surface area (Å²) in [4.78, 5) is 11.4. The first-order valence-corrected chi connectivity index (χ1v) is 9.49. The Morgan fingerprint density at radius 2 is 1.92 bits per heavy atom. The lowest BCUT2D eigenvalue weighted by Crippen LogP contribution is -2.25. The third-order valence-corrected chi connectivity index (χ3v) is 4.93. The predicted molar refractivity (Wildman–Crippen MR) is 107 cm³/mol. The molecule has 3 heterocycles. The van der Waals surface area contributed by atoms with E-state index in [0.29, 0.717) is 0 Å². The first-order valence-electron chi connectivity index (χ1n) is 9.49. The number of benzene rings is 1. The predicted octanol–water partition coefficient (Wildman–Crippen LogP) is 3.97. The van der Waals surface area contributed by atoms with E-state index in [1.807, 2.05) is 18.5 Å². The molecule has 26 heavy (non-hydrogen) atoms. The summed E-state index contributed by atoms with van der Waals surface area (Å²) >= 11 is 0. The monoisotopic (exact) mass is 347 g/mol.